The van der Waals surface area contributed by atoms with Gasteiger partial charge in [0.15, 0.2) is 0 Å². The SMILES string of the molecule is CN1CCC[C@@]1(Cc1ccc(F)cc1)C(=O)O. The van der Waals surface area contributed by atoms with Crippen molar-refractivity contribution in [2.24, 2.45) is 0 Å². The maximum absolute atomic E-state index is 12.8. The Morgan fingerprint density at radius 3 is 2.59 bits per heavy atom. The van der Waals surface area contributed by atoms with Gasteiger partial charge < -0.3 is 5.11 Å². The number of nitrogens with zero attached hydrogens (tertiary/aromatic N) is 1. The van der Waals surface area contributed by atoms with Crippen LogP contribution in [0.5, 0.6) is 0 Å². The van der Waals surface area contributed by atoms with Crippen molar-refractivity contribution >= 4 is 5.97 Å². The van der Waals surface area contributed by atoms with E-state index in [0.717, 1.165) is 18.5 Å². The average Bonchev–Trinajstić information content (AvgIpc) is 2.65. The van der Waals surface area contributed by atoms with Crippen molar-refractivity contribution < 1.29 is 14.3 Å². The summed E-state index contributed by atoms with van der Waals surface area (Å²) in [7, 11) is 1.84. The zero-order valence-corrected chi connectivity index (χ0v) is 9.82. The monoisotopic (exact) mass is 237 g/mol. The Morgan fingerprint density at radius 2 is 2.12 bits per heavy atom. The molecule has 1 N–H and O–H groups in total. The van der Waals surface area contributed by atoms with Crippen molar-refractivity contribution in [2.75, 3.05) is 13.6 Å². The second-order valence-corrected chi connectivity index (χ2v) is 4.67. The summed E-state index contributed by atoms with van der Waals surface area (Å²) in [6, 6.07) is 6.07. The van der Waals surface area contributed by atoms with Crippen LogP contribution >= 0.6 is 0 Å². The maximum Gasteiger partial charge on any atom is 0.324 e. The van der Waals surface area contributed by atoms with Gasteiger partial charge in [-0.1, -0.05) is 12.1 Å². The molecule has 3 nitrogen and oxygen atoms in total. The van der Waals surface area contributed by atoms with E-state index in [0.29, 0.717) is 12.8 Å². The Hall–Kier alpha value is -1.42. The first-order valence-corrected chi connectivity index (χ1v) is 5.74. The summed E-state index contributed by atoms with van der Waals surface area (Å²) < 4.78 is 12.8. The molecule has 0 amide bonds. The van der Waals surface area contributed by atoms with Crippen molar-refractivity contribution in [2.45, 2.75) is 24.8 Å². The van der Waals surface area contributed by atoms with Gasteiger partial charge in [-0.15, -0.1) is 0 Å². The van der Waals surface area contributed by atoms with E-state index < -0.39 is 11.5 Å². The van der Waals surface area contributed by atoms with Gasteiger partial charge in [0.05, 0.1) is 0 Å². The summed E-state index contributed by atoms with van der Waals surface area (Å²) in [6.45, 7) is 0.799. The highest BCUT2D eigenvalue weighted by Gasteiger charge is 2.45. The Morgan fingerprint density at radius 1 is 1.47 bits per heavy atom. The minimum atomic E-state index is -0.822. The van der Waals surface area contributed by atoms with Gasteiger partial charge in [0.25, 0.3) is 0 Å². The smallest absolute Gasteiger partial charge is 0.324 e. The van der Waals surface area contributed by atoms with E-state index in [2.05, 4.69) is 0 Å². The first kappa shape index (κ1) is 12.0. The normalized spacial score (nSPS) is 25.1. The second kappa shape index (κ2) is 4.45. The lowest BCUT2D eigenvalue weighted by Crippen LogP contribution is -2.50. The molecule has 0 saturated carbocycles. The molecule has 1 saturated heterocycles. The average molecular weight is 237 g/mol. The summed E-state index contributed by atoms with van der Waals surface area (Å²) in [4.78, 5) is 13.4. The fraction of sp³-hybridized carbons (Fsp3) is 0.462. The third-order valence-electron chi connectivity index (χ3n) is 3.62. The lowest BCUT2D eigenvalue weighted by Gasteiger charge is -2.31. The molecule has 17 heavy (non-hydrogen) atoms. The topological polar surface area (TPSA) is 40.5 Å². The highest BCUT2D eigenvalue weighted by Crippen LogP contribution is 2.31. The summed E-state index contributed by atoms with van der Waals surface area (Å²) in [5, 5.41) is 9.43. The third kappa shape index (κ3) is 2.17. The molecule has 1 fully saturated rings. The molecule has 1 aromatic rings. The fourth-order valence-electron chi connectivity index (χ4n) is 2.52. The van der Waals surface area contributed by atoms with Crippen LogP contribution < -0.4 is 0 Å². The number of carboxylic acids is 1. The molecule has 0 aliphatic carbocycles. The molecule has 1 aliphatic heterocycles. The van der Waals surface area contributed by atoms with Crippen LogP contribution in [0.15, 0.2) is 24.3 Å². The van der Waals surface area contributed by atoms with Crippen LogP contribution in [0.25, 0.3) is 0 Å². The first-order chi connectivity index (χ1) is 8.04. The van der Waals surface area contributed by atoms with E-state index >= 15 is 0 Å². The van der Waals surface area contributed by atoms with Gasteiger partial charge in [0.2, 0.25) is 0 Å². The minimum absolute atomic E-state index is 0.294. The predicted molar refractivity (Wildman–Crippen MR) is 62.3 cm³/mol. The molecule has 0 unspecified atom stereocenters. The molecular formula is C13H16FNO2. The van der Waals surface area contributed by atoms with Gasteiger partial charge >= 0.3 is 5.97 Å². The third-order valence-corrected chi connectivity index (χ3v) is 3.62. The molecule has 1 aliphatic rings. The van der Waals surface area contributed by atoms with E-state index in [-0.39, 0.29) is 5.82 Å². The Balaban J connectivity index is 2.24. The van der Waals surface area contributed by atoms with Crippen molar-refractivity contribution in [1.82, 2.24) is 4.90 Å². The van der Waals surface area contributed by atoms with Gasteiger partial charge in [-0.3, -0.25) is 9.69 Å². The van der Waals surface area contributed by atoms with E-state index in [1.165, 1.54) is 12.1 Å². The standard InChI is InChI=1S/C13H16FNO2/c1-15-8-2-7-13(15,12(16)17)9-10-3-5-11(14)6-4-10/h3-6H,2,7-9H2,1H3,(H,16,17)/t13-/m1/s1. The zero-order valence-electron chi connectivity index (χ0n) is 9.82. The van der Waals surface area contributed by atoms with Crippen LogP contribution in [0.3, 0.4) is 0 Å². The van der Waals surface area contributed by atoms with Crippen molar-refractivity contribution in [3.8, 4) is 0 Å². The largest absolute Gasteiger partial charge is 0.480 e. The maximum atomic E-state index is 12.8. The molecule has 1 atom stereocenters. The summed E-state index contributed by atoms with van der Waals surface area (Å²) >= 11 is 0. The molecule has 92 valence electrons. The highest BCUT2D eigenvalue weighted by atomic mass is 19.1. The Labute approximate surface area is 99.9 Å². The Kier molecular flexibility index (Phi) is 3.15. The van der Waals surface area contributed by atoms with Crippen molar-refractivity contribution in [3.05, 3.63) is 35.6 Å². The molecule has 4 heteroatoms. The van der Waals surface area contributed by atoms with Crippen molar-refractivity contribution in [1.29, 1.82) is 0 Å². The number of aliphatic carboxylic acids is 1. The number of carboxylic acid groups (broad SMARTS) is 1. The molecule has 0 radical (unpaired) electrons. The number of hydrogen-bond acceptors (Lipinski definition) is 2. The lowest BCUT2D eigenvalue weighted by molar-refractivity contribution is -0.148. The van der Waals surface area contributed by atoms with E-state index in [4.69, 9.17) is 0 Å². The van der Waals surface area contributed by atoms with Crippen LogP contribution in [0.1, 0.15) is 18.4 Å². The number of halogens is 1. The van der Waals surface area contributed by atoms with Gasteiger partial charge in [-0.25, -0.2) is 4.39 Å². The number of likely N-dealkylation sites (N-methyl/N-ethyl adjacent to an activating group) is 1. The minimum Gasteiger partial charge on any atom is -0.480 e. The Bertz CT molecular complexity index is 418. The molecular weight excluding hydrogens is 221 g/mol. The van der Waals surface area contributed by atoms with Crippen LogP contribution in [0, 0.1) is 5.82 Å². The quantitative estimate of drug-likeness (QED) is 0.873. The lowest BCUT2D eigenvalue weighted by atomic mass is 9.88. The van der Waals surface area contributed by atoms with E-state index in [1.54, 1.807) is 12.1 Å². The molecule has 0 aromatic heterocycles. The zero-order chi connectivity index (χ0) is 12.5. The molecule has 0 bridgehead atoms. The first-order valence-electron chi connectivity index (χ1n) is 5.74. The highest BCUT2D eigenvalue weighted by molar-refractivity contribution is 5.79. The molecule has 0 spiro atoms. The van der Waals surface area contributed by atoms with E-state index in [9.17, 15) is 14.3 Å². The number of likely N-dealkylation sites (tertiary alicyclic amines) is 1. The van der Waals surface area contributed by atoms with Gasteiger partial charge in [-0.2, -0.15) is 0 Å². The fourth-order valence-corrected chi connectivity index (χ4v) is 2.52. The molecule has 1 aromatic carbocycles. The van der Waals surface area contributed by atoms with Crippen LogP contribution in [-0.2, 0) is 11.2 Å². The summed E-state index contributed by atoms with van der Waals surface area (Å²) in [6.07, 6.45) is 1.97. The number of hydrogen-bond donors (Lipinski definition) is 1. The predicted octanol–water partition coefficient (Wildman–Crippen LogP) is 1.92. The number of rotatable bonds is 3. The van der Waals surface area contributed by atoms with Crippen LogP contribution in [-0.4, -0.2) is 35.1 Å². The molecule has 1 heterocycles. The number of benzene rings is 1. The molecule has 2 rings (SSSR count). The van der Waals surface area contributed by atoms with E-state index in [1.807, 2.05) is 11.9 Å². The van der Waals surface area contributed by atoms with Gasteiger partial charge in [0, 0.05) is 6.42 Å². The van der Waals surface area contributed by atoms with Crippen LogP contribution in [0.2, 0.25) is 0 Å². The van der Waals surface area contributed by atoms with Gasteiger partial charge in [0.1, 0.15) is 11.4 Å². The summed E-state index contributed by atoms with van der Waals surface area (Å²) in [5.74, 6) is -1.08. The van der Waals surface area contributed by atoms with Gasteiger partial charge in [-0.05, 0) is 44.1 Å². The van der Waals surface area contributed by atoms with Crippen molar-refractivity contribution in [3.63, 3.8) is 0 Å². The number of carbonyl (C=O) groups is 1. The summed E-state index contributed by atoms with van der Waals surface area (Å²) in [5.41, 5.74) is 0.0419. The second-order valence-electron chi connectivity index (χ2n) is 4.67. The van der Waals surface area contributed by atoms with Crippen LogP contribution in [0.4, 0.5) is 4.39 Å².